The number of hydrogen-bond donors (Lipinski definition) is 1. The molecule has 0 aliphatic carbocycles. The molecule has 1 amide bonds. The van der Waals surface area contributed by atoms with Crippen LogP contribution in [0.15, 0.2) is 24.3 Å². The van der Waals surface area contributed by atoms with E-state index in [1.54, 1.807) is 28.2 Å². The number of hydrogen-bond acceptors (Lipinski definition) is 5. The van der Waals surface area contributed by atoms with Crippen LogP contribution in [0.25, 0.3) is 16.0 Å². The molecule has 0 bridgehead atoms. The van der Waals surface area contributed by atoms with E-state index >= 15 is 0 Å². The molecular formula is C21H26FN5OS. The Labute approximate surface area is 173 Å². The van der Waals surface area contributed by atoms with E-state index in [0.717, 1.165) is 52.7 Å². The van der Waals surface area contributed by atoms with Gasteiger partial charge in [-0.1, -0.05) is 18.3 Å². The highest BCUT2D eigenvalue weighted by Crippen LogP contribution is 2.34. The molecule has 4 rings (SSSR count). The summed E-state index contributed by atoms with van der Waals surface area (Å²) in [4.78, 5) is 19.6. The summed E-state index contributed by atoms with van der Waals surface area (Å²) in [6.07, 6.45) is 2.81. The standard InChI is InChI=1S/C21H26FN5OS/c1-4-13(2)23-20(28)15-6-5-11-26(12-15)21-24-19-18(29-21)14(3)25-27(19)17-9-7-16(22)8-10-17/h7-10,13,15H,4-6,11-12H2,1-3H3,(H,23,28)/t13-,15-/m1/s1. The molecule has 1 saturated heterocycles. The van der Waals surface area contributed by atoms with Crippen molar-refractivity contribution in [3.8, 4) is 5.69 Å². The number of halogens is 1. The van der Waals surface area contributed by atoms with Crippen LogP contribution in [0.1, 0.15) is 38.8 Å². The van der Waals surface area contributed by atoms with Crippen LogP contribution in [-0.4, -0.2) is 39.8 Å². The quantitative estimate of drug-likeness (QED) is 0.683. The first kappa shape index (κ1) is 19.8. The lowest BCUT2D eigenvalue weighted by molar-refractivity contribution is -0.125. The first-order valence-electron chi connectivity index (χ1n) is 10.1. The van der Waals surface area contributed by atoms with Gasteiger partial charge in [0, 0.05) is 19.1 Å². The Bertz CT molecular complexity index is 1010. The highest BCUT2D eigenvalue weighted by atomic mass is 32.1. The van der Waals surface area contributed by atoms with Crippen molar-refractivity contribution in [2.75, 3.05) is 18.0 Å². The molecule has 2 aromatic heterocycles. The minimum atomic E-state index is -0.275. The Morgan fingerprint density at radius 2 is 2.14 bits per heavy atom. The van der Waals surface area contributed by atoms with Gasteiger partial charge in [0.05, 0.1) is 22.0 Å². The van der Waals surface area contributed by atoms with Gasteiger partial charge in [0.1, 0.15) is 5.82 Å². The average molecular weight is 416 g/mol. The molecule has 1 aliphatic rings. The van der Waals surface area contributed by atoms with E-state index in [0.29, 0.717) is 6.54 Å². The first-order valence-corrected chi connectivity index (χ1v) is 10.9. The van der Waals surface area contributed by atoms with Crippen molar-refractivity contribution in [2.24, 2.45) is 5.92 Å². The van der Waals surface area contributed by atoms with Gasteiger partial charge in [0.15, 0.2) is 10.8 Å². The van der Waals surface area contributed by atoms with Crippen LogP contribution in [-0.2, 0) is 4.79 Å². The molecule has 0 saturated carbocycles. The van der Waals surface area contributed by atoms with E-state index in [-0.39, 0.29) is 23.7 Å². The van der Waals surface area contributed by atoms with Crippen molar-refractivity contribution in [3.05, 3.63) is 35.8 Å². The van der Waals surface area contributed by atoms with Gasteiger partial charge >= 0.3 is 0 Å². The lowest BCUT2D eigenvalue weighted by atomic mass is 9.97. The predicted octanol–water partition coefficient (Wildman–Crippen LogP) is 4.06. The Morgan fingerprint density at radius 1 is 1.38 bits per heavy atom. The van der Waals surface area contributed by atoms with Crippen molar-refractivity contribution in [2.45, 2.75) is 46.1 Å². The van der Waals surface area contributed by atoms with Gasteiger partial charge in [-0.15, -0.1) is 0 Å². The van der Waals surface area contributed by atoms with Crippen LogP contribution in [0.2, 0.25) is 0 Å². The van der Waals surface area contributed by atoms with Crippen molar-refractivity contribution in [3.63, 3.8) is 0 Å². The number of nitrogens with zero attached hydrogens (tertiary/aromatic N) is 4. The summed E-state index contributed by atoms with van der Waals surface area (Å²) in [5.74, 6) is -0.152. The van der Waals surface area contributed by atoms with Crippen molar-refractivity contribution in [1.29, 1.82) is 0 Å². The molecule has 8 heteroatoms. The van der Waals surface area contributed by atoms with Crippen LogP contribution >= 0.6 is 11.3 Å². The minimum absolute atomic E-state index is 0.0144. The first-order chi connectivity index (χ1) is 14.0. The van der Waals surface area contributed by atoms with Gasteiger partial charge in [-0.2, -0.15) is 10.1 Å². The van der Waals surface area contributed by atoms with Crippen LogP contribution in [0.3, 0.4) is 0 Å². The Morgan fingerprint density at radius 3 is 2.86 bits per heavy atom. The second-order valence-corrected chi connectivity index (χ2v) is 8.70. The molecule has 1 N–H and O–H groups in total. The van der Waals surface area contributed by atoms with E-state index in [4.69, 9.17) is 4.98 Å². The molecule has 1 aliphatic heterocycles. The number of aryl methyl sites for hydroxylation is 1. The molecule has 0 unspecified atom stereocenters. The molecule has 2 atom stereocenters. The molecule has 1 fully saturated rings. The monoisotopic (exact) mass is 415 g/mol. The van der Waals surface area contributed by atoms with Gasteiger partial charge in [-0.05, 0) is 57.4 Å². The summed E-state index contributed by atoms with van der Waals surface area (Å²) < 4.78 is 16.1. The summed E-state index contributed by atoms with van der Waals surface area (Å²) in [5.41, 5.74) is 2.46. The third-order valence-corrected chi connectivity index (χ3v) is 6.73. The smallest absolute Gasteiger partial charge is 0.225 e. The largest absolute Gasteiger partial charge is 0.353 e. The fourth-order valence-corrected chi connectivity index (χ4v) is 4.67. The van der Waals surface area contributed by atoms with E-state index in [1.807, 2.05) is 13.8 Å². The van der Waals surface area contributed by atoms with Gasteiger partial charge in [0.25, 0.3) is 0 Å². The summed E-state index contributed by atoms with van der Waals surface area (Å²) in [6.45, 7) is 7.65. The summed E-state index contributed by atoms with van der Waals surface area (Å²) in [7, 11) is 0. The summed E-state index contributed by atoms with van der Waals surface area (Å²) >= 11 is 1.61. The van der Waals surface area contributed by atoms with Crippen LogP contribution in [0.5, 0.6) is 0 Å². The zero-order valence-corrected chi connectivity index (χ0v) is 17.8. The molecular weight excluding hydrogens is 389 g/mol. The number of anilines is 1. The van der Waals surface area contributed by atoms with Crippen LogP contribution < -0.4 is 10.2 Å². The molecule has 29 heavy (non-hydrogen) atoms. The number of aromatic nitrogens is 3. The fourth-order valence-electron chi connectivity index (χ4n) is 3.65. The molecule has 1 aromatic carbocycles. The van der Waals surface area contributed by atoms with E-state index < -0.39 is 0 Å². The van der Waals surface area contributed by atoms with Crippen molar-refractivity contribution >= 4 is 32.7 Å². The number of rotatable bonds is 5. The number of thiazole rings is 1. The minimum Gasteiger partial charge on any atom is -0.353 e. The molecule has 154 valence electrons. The van der Waals surface area contributed by atoms with Gasteiger partial charge < -0.3 is 10.2 Å². The highest BCUT2D eigenvalue weighted by Gasteiger charge is 2.28. The molecule has 3 heterocycles. The summed E-state index contributed by atoms with van der Waals surface area (Å²) in [6, 6.07) is 6.46. The highest BCUT2D eigenvalue weighted by molar-refractivity contribution is 7.22. The van der Waals surface area contributed by atoms with Gasteiger partial charge in [-0.3, -0.25) is 4.79 Å². The summed E-state index contributed by atoms with van der Waals surface area (Å²) in [5, 5.41) is 8.60. The van der Waals surface area contributed by atoms with Crippen LogP contribution in [0.4, 0.5) is 9.52 Å². The lowest BCUT2D eigenvalue weighted by Crippen LogP contribution is -2.45. The SMILES string of the molecule is CC[C@@H](C)NC(=O)[C@@H]1CCCN(c2nc3c(s2)c(C)nn3-c2ccc(F)cc2)C1. The normalized spacial score (nSPS) is 18.2. The van der Waals surface area contributed by atoms with Crippen molar-refractivity contribution < 1.29 is 9.18 Å². The maximum atomic E-state index is 13.3. The van der Waals surface area contributed by atoms with E-state index in [1.165, 1.54) is 12.1 Å². The number of nitrogens with one attached hydrogen (secondary N) is 1. The predicted molar refractivity (Wildman–Crippen MR) is 114 cm³/mol. The maximum Gasteiger partial charge on any atom is 0.225 e. The third-order valence-electron chi connectivity index (χ3n) is 5.51. The Hall–Kier alpha value is -2.48. The molecule has 3 aromatic rings. The number of carbonyl (C=O) groups excluding carboxylic acids is 1. The number of carbonyl (C=O) groups is 1. The number of benzene rings is 1. The van der Waals surface area contributed by atoms with Gasteiger partial charge in [-0.25, -0.2) is 9.07 Å². The topological polar surface area (TPSA) is 63.1 Å². The number of amides is 1. The zero-order valence-electron chi connectivity index (χ0n) is 17.0. The van der Waals surface area contributed by atoms with E-state index in [9.17, 15) is 9.18 Å². The number of fused-ring (bicyclic) bond motifs is 1. The molecule has 6 nitrogen and oxygen atoms in total. The third kappa shape index (κ3) is 3.99. The van der Waals surface area contributed by atoms with Crippen molar-refractivity contribution in [1.82, 2.24) is 20.1 Å². The molecule has 0 radical (unpaired) electrons. The van der Waals surface area contributed by atoms with E-state index in [2.05, 4.69) is 22.2 Å². The number of piperidine rings is 1. The Kier molecular flexibility index (Phi) is 5.54. The lowest BCUT2D eigenvalue weighted by Gasteiger charge is -2.32. The second kappa shape index (κ2) is 8.10. The van der Waals surface area contributed by atoms with Gasteiger partial charge in [0.2, 0.25) is 5.91 Å². The second-order valence-electron chi connectivity index (χ2n) is 7.73. The molecule has 0 spiro atoms. The average Bonchev–Trinajstić information content (AvgIpc) is 3.29. The fraction of sp³-hybridized carbons (Fsp3) is 0.476. The Balaban J connectivity index is 1.59. The van der Waals surface area contributed by atoms with Crippen LogP contribution in [0, 0.1) is 18.7 Å². The maximum absolute atomic E-state index is 13.3. The zero-order chi connectivity index (χ0) is 20.5.